The van der Waals surface area contributed by atoms with Gasteiger partial charge in [0.1, 0.15) is 11.3 Å². The van der Waals surface area contributed by atoms with Crippen molar-refractivity contribution in [3.05, 3.63) is 29.3 Å². The Morgan fingerprint density at radius 2 is 1.97 bits per heavy atom. The quantitative estimate of drug-likeness (QED) is 0.269. The summed E-state index contributed by atoms with van der Waals surface area (Å²) in [4.78, 5) is 18.9. The number of methoxy groups -OCH3 is 3. The second kappa shape index (κ2) is 13.1. The lowest BCUT2D eigenvalue weighted by molar-refractivity contribution is 0.00989. The normalized spacial score (nSPS) is 15.2. The van der Waals surface area contributed by atoms with E-state index >= 15 is 0 Å². The van der Waals surface area contributed by atoms with Gasteiger partial charge in [0.15, 0.2) is 5.96 Å². The smallest absolute Gasteiger partial charge is 0.341 e. The lowest BCUT2D eigenvalue weighted by Crippen LogP contribution is -2.47. The number of hydrogen-bond donors (Lipinski definition) is 1. The number of likely N-dealkylation sites (tertiary alicyclic amines) is 1. The van der Waals surface area contributed by atoms with Crippen LogP contribution in [0.4, 0.5) is 0 Å². The van der Waals surface area contributed by atoms with E-state index in [1.807, 2.05) is 12.1 Å². The van der Waals surface area contributed by atoms with Gasteiger partial charge in [0.2, 0.25) is 0 Å². The molecule has 0 amide bonds. The predicted octanol–water partition coefficient (Wildman–Crippen LogP) is 2.46. The minimum Gasteiger partial charge on any atom is -0.496 e. The lowest BCUT2D eigenvalue weighted by Gasteiger charge is -2.34. The van der Waals surface area contributed by atoms with Gasteiger partial charge in [-0.2, -0.15) is 0 Å². The van der Waals surface area contributed by atoms with E-state index < -0.39 is 5.97 Å². The third-order valence-electron chi connectivity index (χ3n) is 5.01. The zero-order chi connectivity index (χ0) is 21.8. The summed E-state index contributed by atoms with van der Waals surface area (Å²) in [5, 5.41) is 3.38. The Hall–Kier alpha value is -2.32. The number of benzene rings is 1. The molecule has 0 aromatic heterocycles. The molecule has 1 aromatic carbocycles. The van der Waals surface area contributed by atoms with Crippen LogP contribution in [-0.2, 0) is 20.8 Å². The topological polar surface area (TPSA) is 81.6 Å². The highest BCUT2D eigenvalue weighted by molar-refractivity contribution is 5.92. The summed E-state index contributed by atoms with van der Waals surface area (Å²) >= 11 is 0. The van der Waals surface area contributed by atoms with Crippen LogP contribution in [0.5, 0.6) is 5.75 Å². The first kappa shape index (κ1) is 24.0. The maximum Gasteiger partial charge on any atom is 0.341 e. The van der Waals surface area contributed by atoms with E-state index in [9.17, 15) is 4.79 Å². The number of ether oxygens (including phenoxy) is 4. The molecule has 0 aliphatic carbocycles. The van der Waals surface area contributed by atoms with Crippen molar-refractivity contribution in [3.8, 4) is 5.75 Å². The largest absolute Gasteiger partial charge is 0.496 e. The molecule has 1 heterocycles. The van der Waals surface area contributed by atoms with Crippen LogP contribution in [0, 0.1) is 0 Å². The van der Waals surface area contributed by atoms with Crippen molar-refractivity contribution in [2.75, 3.05) is 54.2 Å². The maximum absolute atomic E-state index is 11.8. The first-order valence-corrected chi connectivity index (χ1v) is 10.5. The number of guanidine groups is 1. The van der Waals surface area contributed by atoms with E-state index in [4.69, 9.17) is 23.9 Å². The molecule has 1 aliphatic rings. The Morgan fingerprint density at radius 3 is 2.60 bits per heavy atom. The third-order valence-corrected chi connectivity index (χ3v) is 5.01. The predicted molar refractivity (Wildman–Crippen MR) is 116 cm³/mol. The number of rotatable bonds is 10. The molecule has 30 heavy (non-hydrogen) atoms. The minimum absolute atomic E-state index is 0.302. The van der Waals surface area contributed by atoms with E-state index in [2.05, 4.69) is 17.1 Å². The second-order valence-corrected chi connectivity index (χ2v) is 7.10. The fourth-order valence-corrected chi connectivity index (χ4v) is 3.39. The molecular formula is C22H35N3O5. The summed E-state index contributed by atoms with van der Waals surface area (Å²) in [5.41, 5.74) is 1.37. The van der Waals surface area contributed by atoms with Crippen molar-refractivity contribution in [3.63, 3.8) is 0 Å². The van der Waals surface area contributed by atoms with E-state index in [1.165, 1.54) is 7.11 Å². The number of nitrogens with one attached hydrogen (secondary N) is 1. The number of aliphatic imine (C=N–C) groups is 1. The van der Waals surface area contributed by atoms with Gasteiger partial charge in [-0.05, 0) is 43.9 Å². The fourth-order valence-electron chi connectivity index (χ4n) is 3.39. The summed E-state index contributed by atoms with van der Waals surface area (Å²) < 4.78 is 21.1. The zero-order valence-electron chi connectivity index (χ0n) is 18.6. The van der Waals surface area contributed by atoms with Crippen LogP contribution in [0.3, 0.4) is 0 Å². The summed E-state index contributed by atoms with van der Waals surface area (Å²) in [6.45, 7) is 6.66. The molecule has 168 valence electrons. The van der Waals surface area contributed by atoms with E-state index in [1.54, 1.807) is 20.3 Å². The van der Waals surface area contributed by atoms with Crippen molar-refractivity contribution in [2.24, 2.45) is 4.99 Å². The van der Waals surface area contributed by atoms with Crippen LogP contribution in [0.2, 0.25) is 0 Å². The van der Waals surface area contributed by atoms with Crippen LogP contribution < -0.4 is 10.1 Å². The number of carbonyl (C=O) groups is 1. The molecule has 0 radical (unpaired) electrons. The third kappa shape index (κ3) is 7.18. The molecular weight excluding hydrogens is 386 g/mol. The fraction of sp³-hybridized carbons (Fsp3) is 0.636. The molecule has 2 rings (SSSR count). The summed E-state index contributed by atoms with van der Waals surface area (Å²) in [6.07, 6.45) is 3.20. The van der Waals surface area contributed by atoms with Gasteiger partial charge < -0.3 is 29.2 Å². The molecule has 1 fully saturated rings. The monoisotopic (exact) mass is 421 g/mol. The molecule has 0 saturated carbocycles. The number of esters is 1. The maximum atomic E-state index is 11.8. The van der Waals surface area contributed by atoms with Gasteiger partial charge >= 0.3 is 5.97 Å². The van der Waals surface area contributed by atoms with E-state index in [0.29, 0.717) is 24.0 Å². The lowest BCUT2D eigenvalue weighted by atomic mass is 10.1. The van der Waals surface area contributed by atoms with Crippen molar-refractivity contribution < 1.29 is 23.7 Å². The van der Waals surface area contributed by atoms with Gasteiger partial charge in [-0.25, -0.2) is 9.79 Å². The Labute approximate surface area is 179 Å². The van der Waals surface area contributed by atoms with Crippen LogP contribution in [0.1, 0.15) is 42.1 Å². The van der Waals surface area contributed by atoms with Crippen molar-refractivity contribution in [2.45, 2.75) is 38.8 Å². The minimum atomic E-state index is -0.414. The molecule has 0 atom stereocenters. The van der Waals surface area contributed by atoms with Gasteiger partial charge in [0, 0.05) is 40.0 Å². The first-order valence-electron chi connectivity index (χ1n) is 10.5. The van der Waals surface area contributed by atoms with Crippen LogP contribution in [0.25, 0.3) is 0 Å². The van der Waals surface area contributed by atoms with Crippen molar-refractivity contribution >= 4 is 11.9 Å². The highest BCUT2D eigenvalue weighted by Gasteiger charge is 2.22. The number of nitrogens with zero attached hydrogens (tertiary/aromatic N) is 2. The van der Waals surface area contributed by atoms with Crippen LogP contribution in [-0.4, -0.2) is 77.1 Å². The van der Waals surface area contributed by atoms with Crippen molar-refractivity contribution in [1.29, 1.82) is 0 Å². The van der Waals surface area contributed by atoms with Crippen molar-refractivity contribution in [1.82, 2.24) is 10.2 Å². The summed E-state index contributed by atoms with van der Waals surface area (Å²) in [6, 6.07) is 5.43. The SMILES string of the molecule is CCNC(=NCc1ccc(C(=O)OC)c(OC)c1)N1CCC(OCCCOC)CC1. The Morgan fingerprint density at radius 1 is 1.20 bits per heavy atom. The van der Waals surface area contributed by atoms with Crippen LogP contribution >= 0.6 is 0 Å². The molecule has 1 N–H and O–H groups in total. The Balaban J connectivity index is 1.96. The molecule has 1 aliphatic heterocycles. The molecule has 0 unspecified atom stereocenters. The standard InChI is InChI=1S/C22H35N3O5/c1-5-23-22(25-11-9-18(10-12-25)30-14-6-13-27-2)24-16-17-7-8-19(21(26)29-4)20(15-17)28-3/h7-8,15,18H,5-6,9-14,16H2,1-4H3,(H,23,24). The molecule has 1 saturated heterocycles. The highest BCUT2D eigenvalue weighted by Crippen LogP contribution is 2.22. The van der Waals surface area contributed by atoms with E-state index in [-0.39, 0.29) is 0 Å². The van der Waals surface area contributed by atoms with E-state index in [0.717, 1.165) is 63.6 Å². The Bertz CT molecular complexity index is 687. The number of piperidine rings is 1. The first-order chi connectivity index (χ1) is 14.6. The summed E-state index contributed by atoms with van der Waals surface area (Å²) in [7, 11) is 4.61. The van der Waals surface area contributed by atoms with Gasteiger partial charge in [-0.1, -0.05) is 6.07 Å². The highest BCUT2D eigenvalue weighted by atomic mass is 16.5. The molecule has 0 bridgehead atoms. The molecule has 1 aromatic rings. The van der Waals surface area contributed by atoms with Gasteiger partial charge in [-0.3, -0.25) is 0 Å². The van der Waals surface area contributed by atoms with Crippen LogP contribution in [0.15, 0.2) is 23.2 Å². The molecule has 0 spiro atoms. The second-order valence-electron chi connectivity index (χ2n) is 7.10. The molecule has 8 heteroatoms. The summed E-state index contributed by atoms with van der Waals surface area (Å²) in [5.74, 6) is 0.972. The zero-order valence-corrected chi connectivity index (χ0v) is 18.6. The van der Waals surface area contributed by atoms with Gasteiger partial charge in [0.05, 0.1) is 26.9 Å². The number of hydrogen-bond acceptors (Lipinski definition) is 6. The average molecular weight is 422 g/mol. The van der Waals surface area contributed by atoms with Gasteiger partial charge in [-0.15, -0.1) is 0 Å². The molecule has 8 nitrogen and oxygen atoms in total. The van der Waals surface area contributed by atoms with Gasteiger partial charge in [0.25, 0.3) is 0 Å². The average Bonchev–Trinajstić information content (AvgIpc) is 2.79. The number of carbonyl (C=O) groups excluding carboxylic acids is 1. The Kier molecular flexibility index (Phi) is 10.4.